The summed E-state index contributed by atoms with van der Waals surface area (Å²) in [5.74, 6) is 0.604. The maximum atomic E-state index is 5.98. The number of rotatable bonds is 12. The van der Waals surface area contributed by atoms with Crippen LogP contribution in [0.25, 0.3) is 11.2 Å². The smallest absolute Gasteiger partial charge is 0.226 e. The van der Waals surface area contributed by atoms with Crippen LogP contribution in [-0.2, 0) is 13.1 Å². The van der Waals surface area contributed by atoms with Gasteiger partial charge >= 0.3 is 0 Å². The summed E-state index contributed by atoms with van der Waals surface area (Å²) in [6.07, 6.45) is 12.8. The number of hydrogen-bond acceptors (Lipinski definition) is 8. The predicted molar refractivity (Wildman–Crippen MR) is 130 cm³/mol. The molecule has 1 fully saturated rings. The Bertz CT molecular complexity index is 996. The molecule has 1 saturated carbocycles. The molecule has 180 valence electrons. The topological polar surface area (TPSA) is 104 Å². The molecule has 0 unspecified atom stereocenters. The molecule has 0 saturated heterocycles. The summed E-state index contributed by atoms with van der Waals surface area (Å²) in [7, 11) is 4.50. The Morgan fingerprint density at radius 3 is 2.79 bits per heavy atom. The van der Waals surface area contributed by atoms with E-state index in [9.17, 15) is 0 Å². The number of halogens is 1. The van der Waals surface area contributed by atoms with Crippen LogP contribution in [0.1, 0.15) is 50.6 Å². The van der Waals surface area contributed by atoms with Gasteiger partial charge in [0.25, 0.3) is 0 Å². The van der Waals surface area contributed by atoms with Gasteiger partial charge in [-0.3, -0.25) is 4.68 Å². The monoisotopic (exact) mass is 474 g/mol. The maximum Gasteiger partial charge on any atom is 0.226 e. The summed E-state index contributed by atoms with van der Waals surface area (Å²) in [5, 5.41) is 11.9. The lowest BCUT2D eigenvalue weighted by molar-refractivity contribution is 0.181. The Balaban J connectivity index is 1.14. The molecule has 2 N–H and O–H groups in total. The van der Waals surface area contributed by atoms with Crippen molar-refractivity contribution in [3.63, 3.8) is 0 Å². The summed E-state index contributed by atoms with van der Waals surface area (Å²) in [5.41, 5.74) is 2.10. The first-order valence-corrected chi connectivity index (χ1v) is 12.3. The predicted octanol–water partition coefficient (Wildman–Crippen LogP) is 3.19. The van der Waals surface area contributed by atoms with E-state index in [0.717, 1.165) is 43.3 Å². The van der Waals surface area contributed by atoms with Crippen molar-refractivity contribution in [2.24, 2.45) is 0 Å². The molecular formula is C22H35ClN10. The van der Waals surface area contributed by atoms with Gasteiger partial charge in [-0.1, -0.05) is 24.5 Å². The van der Waals surface area contributed by atoms with Crippen molar-refractivity contribution in [2.75, 3.05) is 39.0 Å². The zero-order valence-corrected chi connectivity index (χ0v) is 20.4. The number of hydrogen-bond donors (Lipinski definition) is 2. The Labute approximate surface area is 200 Å². The van der Waals surface area contributed by atoms with Gasteiger partial charge in [-0.15, -0.1) is 5.10 Å². The third-order valence-electron chi connectivity index (χ3n) is 6.46. The number of fused-ring (bicyclic) bond motifs is 1. The van der Waals surface area contributed by atoms with E-state index in [1.807, 2.05) is 10.9 Å². The van der Waals surface area contributed by atoms with Crippen LogP contribution in [0.3, 0.4) is 0 Å². The number of imidazole rings is 1. The van der Waals surface area contributed by atoms with Crippen LogP contribution in [-0.4, -0.2) is 84.5 Å². The van der Waals surface area contributed by atoms with Gasteiger partial charge in [-0.05, 0) is 71.0 Å². The van der Waals surface area contributed by atoms with E-state index in [0.29, 0.717) is 18.0 Å². The molecule has 1 aliphatic rings. The maximum absolute atomic E-state index is 5.98. The molecule has 11 heteroatoms. The lowest BCUT2D eigenvalue weighted by atomic mass is 9.94. The molecule has 4 rings (SSSR count). The van der Waals surface area contributed by atoms with Gasteiger partial charge in [0.15, 0.2) is 11.5 Å². The summed E-state index contributed by atoms with van der Waals surface area (Å²) >= 11 is 5.98. The first-order valence-electron chi connectivity index (χ1n) is 12.0. The van der Waals surface area contributed by atoms with Crippen LogP contribution in [0.2, 0.25) is 5.28 Å². The van der Waals surface area contributed by atoms with Crippen LogP contribution < -0.4 is 5.32 Å². The van der Waals surface area contributed by atoms with Crippen molar-refractivity contribution >= 4 is 28.6 Å². The van der Waals surface area contributed by atoms with Crippen molar-refractivity contribution in [2.45, 2.75) is 64.1 Å². The fourth-order valence-corrected chi connectivity index (χ4v) is 4.71. The van der Waals surface area contributed by atoms with E-state index >= 15 is 0 Å². The molecule has 0 radical (unpaired) electrons. The van der Waals surface area contributed by atoms with Crippen molar-refractivity contribution in [3.8, 4) is 0 Å². The standard InChI is InChI=1S/C22H35ClN10/c1-31(10-6-12-32(2)18-8-4-3-5-9-18)11-7-13-33-15-17(29-30-33)14-24-20-19-21(26-16-25-19)28-22(23)27-20/h15-16,18H,3-14H2,1-2H3,(H2,24,25,26,27,28). The Morgan fingerprint density at radius 1 is 1.12 bits per heavy atom. The first kappa shape index (κ1) is 23.8. The molecule has 0 amide bonds. The van der Waals surface area contributed by atoms with E-state index in [1.54, 1.807) is 6.33 Å². The lowest BCUT2D eigenvalue weighted by Gasteiger charge is -2.31. The first-order chi connectivity index (χ1) is 16.1. The molecule has 1 aliphatic carbocycles. The van der Waals surface area contributed by atoms with E-state index in [2.05, 4.69) is 59.5 Å². The molecule has 3 aromatic heterocycles. The second-order valence-electron chi connectivity index (χ2n) is 9.05. The van der Waals surface area contributed by atoms with Crippen LogP contribution in [0.4, 0.5) is 5.82 Å². The van der Waals surface area contributed by atoms with Crippen LogP contribution in [0, 0.1) is 0 Å². The van der Waals surface area contributed by atoms with Crippen LogP contribution in [0.5, 0.6) is 0 Å². The summed E-state index contributed by atoms with van der Waals surface area (Å²) in [6, 6.07) is 0.803. The van der Waals surface area contributed by atoms with E-state index in [1.165, 1.54) is 45.1 Å². The SMILES string of the molecule is CN(CCCN(C)C1CCCCC1)CCCn1cc(CNc2nc(Cl)nc3nc[nH]c23)nn1. The highest BCUT2D eigenvalue weighted by atomic mass is 35.5. The third kappa shape index (κ3) is 6.84. The van der Waals surface area contributed by atoms with E-state index < -0.39 is 0 Å². The minimum absolute atomic E-state index is 0.158. The third-order valence-corrected chi connectivity index (χ3v) is 6.63. The molecule has 33 heavy (non-hydrogen) atoms. The normalized spacial score (nSPS) is 15.2. The van der Waals surface area contributed by atoms with Gasteiger partial charge in [-0.25, -0.2) is 4.98 Å². The molecule has 0 aromatic carbocycles. The second-order valence-corrected chi connectivity index (χ2v) is 9.39. The molecule has 0 aliphatic heterocycles. The average Bonchev–Trinajstić information content (AvgIpc) is 3.47. The molecule has 0 bridgehead atoms. The molecule has 0 spiro atoms. The van der Waals surface area contributed by atoms with Gasteiger partial charge in [0.2, 0.25) is 5.28 Å². The number of aromatic amines is 1. The lowest BCUT2D eigenvalue weighted by Crippen LogP contribution is -2.35. The van der Waals surface area contributed by atoms with Gasteiger partial charge in [0.1, 0.15) is 11.2 Å². The Kier molecular flexibility index (Phi) is 8.46. The van der Waals surface area contributed by atoms with Crippen LogP contribution in [0.15, 0.2) is 12.5 Å². The molecule has 10 nitrogen and oxygen atoms in total. The van der Waals surface area contributed by atoms with E-state index in [-0.39, 0.29) is 5.28 Å². The number of nitrogens with one attached hydrogen (secondary N) is 2. The average molecular weight is 475 g/mol. The summed E-state index contributed by atoms with van der Waals surface area (Å²) in [4.78, 5) is 20.5. The van der Waals surface area contributed by atoms with Gasteiger partial charge in [-0.2, -0.15) is 9.97 Å². The Hall–Kier alpha value is -2.30. The highest BCUT2D eigenvalue weighted by molar-refractivity contribution is 6.28. The zero-order valence-electron chi connectivity index (χ0n) is 19.7. The van der Waals surface area contributed by atoms with E-state index in [4.69, 9.17) is 11.6 Å². The van der Waals surface area contributed by atoms with Crippen molar-refractivity contribution in [1.29, 1.82) is 0 Å². The number of aromatic nitrogens is 7. The number of anilines is 1. The second kappa shape index (κ2) is 11.7. The minimum Gasteiger partial charge on any atom is -0.362 e. The summed E-state index contributed by atoms with van der Waals surface area (Å²) < 4.78 is 1.90. The molecule has 3 heterocycles. The van der Waals surface area contributed by atoms with Crippen LogP contribution >= 0.6 is 11.6 Å². The molecule has 3 aromatic rings. The largest absolute Gasteiger partial charge is 0.362 e. The van der Waals surface area contributed by atoms with Gasteiger partial charge < -0.3 is 20.1 Å². The summed E-state index contributed by atoms with van der Waals surface area (Å²) in [6.45, 7) is 4.72. The molecular weight excluding hydrogens is 440 g/mol. The number of H-pyrrole nitrogens is 1. The van der Waals surface area contributed by atoms with Crippen molar-refractivity contribution in [1.82, 2.24) is 44.7 Å². The molecule has 0 atom stereocenters. The quantitative estimate of drug-likeness (QED) is 0.386. The minimum atomic E-state index is 0.158. The highest BCUT2D eigenvalue weighted by Crippen LogP contribution is 2.21. The number of nitrogens with zero attached hydrogens (tertiary/aromatic N) is 8. The fourth-order valence-electron chi connectivity index (χ4n) is 4.55. The Morgan fingerprint density at radius 2 is 1.94 bits per heavy atom. The zero-order chi connectivity index (χ0) is 23.0. The fraction of sp³-hybridized carbons (Fsp3) is 0.682. The van der Waals surface area contributed by atoms with Gasteiger partial charge in [0.05, 0.1) is 19.1 Å². The highest BCUT2D eigenvalue weighted by Gasteiger charge is 2.17. The van der Waals surface area contributed by atoms with Crippen molar-refractivity contribution < 1.29 is 0 Å². The van der Waals surface area contributed by atoms with Gasteiger partial charge in [0, 0.05) is 12.6 Å². The van der Waals surface area contributed by atoms with Crippen molar-refractivity contribution in [3.05, 3.63) is 23.5 Å². The number of aryl methyl sites for hydroxylation is 1.